The van der Waals surface area contributed by atoms with Crippen LogP contribution in [0, 0.1) is 0 Å². The van der Waals surface area contributed by atoms with Gasteiger partial charge in [-0.05, 0) is 26.0 Å². The number of hydrogen-bond acceptors (Lipinski definition) is 6. The summed E-state index contributed by atoms with van der Waals surface area (Å²) in [5.74, 6) is 5.47. The average molecular weight is 313 g/mol. The van der Waals surface area contributed by atoms with Gasteiger partial charge in [-0.25, -0.2) is 24.0 Å². The Balaban J connectivity index is 2.35. The number of ether oxygens (including phenoxy) is 1. The van der Waals surface area contributed by atoms with Crippen LogP contribution in [0.25, 0.3) is 5.65 Å². The van der Waals surface area contributed by atoms with E-state index in [2.05, 4.69) is 15.1 Å². The van der Waals surface area contributed by atoms with Gasteiger partial charge < -0.3 is 10.2 Å². The summed E-state index contributed by atoms with van der Waals surface area (Å²) in [5, 5.41) is -0.0238. The van der Waals surface area contributed by atoms with Crippen molar-refractivity contribution in [2.75, 3.05) is 18.6 Å². The minimum atomic E-state index is -3.77. The standard InChI is InChI=1S/C12H19N5O3S/c1-3-20-9(2)8-14-21(18,19)12-11(16-13)15-10-6-4-5-7-17(10)12/h4-7,9,14,16H,3,8,13H2,1-2H3. The second-order valence-electron chi connectivity index (χ2n) is 4.46. The van der Waals surface area contributed by atoms with E-state index >= 15 is 0 Å². The predicted octanol–water partition coefficient (Wildman–Crippen LogP) is 0.323. The number of sulfonamides is 1. The number of hydrazine groups is 1. The summed E-state index contributed by atoms with van der Waals surface area (Å²) in [5.41, 5.74) is 2.81. The van der Waals surface area contributed by atoms with Crippen LogP contribution in [-0.4, -0.2) is 37.1 Å². The van der Waals surface area contributed by atoms with Crippen molar-refractivity contribution in [3.63, 3.8) is 0 Å². The fraction of sp³-hybridized carbons (Fsp3) is 0.417. The molecule has 4 N–H and O–H groups in total. The Bertz CT molecular complexity index is 713. The van der Waals surface area contributed by atoms with Crippen molar-refractivity contribution in [2.45, 2.75) is 25.0 Å². The number of nitrogens with zero attached hydrogens (tertiary/aromatic N) is 2. The maximum absolute atomic E-state index is 12.5. The first-order chi connectivity index (χ1) is 9.99. The first kappa shape index (κ1) is 15.7. The molecule has 2 rings (SSSR count). The van der Waals surface area contributed by atoms with Crippen molar-refractivity contribution >= 4 is 21.5 Å². The highest BCUT2D eigenvalue weighted by Crippen LogP contribution is 2.21. The van der Waals surface area contributed by atoms with Crippen molar-refractivity contribution in [1.82, 2.24) is 14.1 Å². The Morgan fingerprint density at radius 3 is 2.90 bits per heavy atom. The number of anilines is 1. The molecule has 1 unspecified atom stereocenters. The fourth-order valence-corrected chi connectivity index (χ4v) is 3.33. The SMILES string of the molecule is CCOC(C)CNS(=O)(=O)c1c(NN)nc2ccccn12. The Hall–Kier alpha value is -1.68. The number of nitrogens with one attached hydrogen (secondary N) is 2. The van der Waals surface area contributed by atoms with Crippen LogP contribution in [0.15, 0.2) is 29.4 Å². The molecule has 1 atom stereocenters. The third-order valence-corrected chi connectivity index (χ3v) is 4.34. The van der Waals surface area contributed by atoms with Gasteiger partial charge in [0.1, 0.15) is 5.65 Å². The lowest BCUT2D eigenvalue weighted by atomic mass is 10.4. The number of nitrogens with two attached hydrogens (primary N) is 1. The van der Waals surface area contributed by atoms with Crippen LogP contribution in [0.5, 0.6) is 0 Å². The molecule has 9 heteroatoms. The molecular weight excluding hydrogens is 294 g/mol. The number of pyridine rings is 1. The number of fused-ring (bicyclic) bond motifs is 1. The van der Waals surface area contributed by atoms with Gasteiger partial charge in [0.05, 0.1) is 6.10 Å². The van der Waals surface area contributed by atoms with Gasteiger partial charge in [0.25, 0.3) is 10.0 Å². The summed E-state index contributed by atoms with van der Waals surface area (Å²) in [6, 6.07) is 5.18. The Kier molecular flexibility index (Phi) is 4.78. The zero-order chi connectivity index (χ0) is 15.5. The summed E-state index contributed by atoms with van der Waals surface area (Å²) >= 11 is 0. The van der Waals surface area contributed by atoms with E-state index in [-0.39, 0.29) is 23.5 Å². The zero-order valence-electron chi connectivity index (χ0n) is 11.9. The van der Waals surface area contributed by atoms with E-state index in [0.29, 0.717) is 12.3 Å². The summed E-state index contributed by atoms with van der Waals surface area (Å²) in [6.45, 7) is 4.34. The van der Waals surface area contributed by atoms with Crippen molar-refractivity contribution in [2.24, 2.45) is 5.84 Å². The van der Waals surface area contributed by atoms with E-state index in [0.717, 1.165) is 0 Å². The molecule has 0 radical (unpaired) electrons. The number of nitrogen functional groups attached to an aromatic ring is 1. The zero-order valence-corrected chi connectivity index (χ0v) is 12.7. The second kappa shape index (κ2) is 6.39. The smallest absolute Gasteiger partial charge is 0.260 e. The summed E-state index contributed by atoms with van der Waals surface area (Å²) < 4.78 is 34.2. The number of rotatable bonds is 7. The molecule has 0 aliphatic heterocycles. The van der Waals surface area contributed by atoms with Gasteiger partial charge in [0.2, 0.25) is 0 Å². The van der Waals surface area contributed by atoms with Crippen LogP contribution in [0.3, 0.4) is 0 Å². The first-order valence-electron chi connectivity index (χ1n) is 6.54. The molecule has 2 heterocycles. The number of aromatic nitrogens is 2. The van der Waals surface area contributed by atoms with Crippen LogP contribution < -0.4 is 16.0 Å². The van der Waals surface area contributed by atoms with Crippen molar-refractivity contribution in [1.29, 1.82) is 0 Å². The van der Waals surface area contributed by atoms with E-state index < -0.39 is 10.0 Å². The molecular formula is C12H19N5O3S. The second-order valence-corrected chi connectivity index (χ2v) is 6.14. The molecule has 0 saturated carbocycles. The molecule has 2 aromatic rings. The Morgan fingerprint density at radius 2 is 2.24 bits per heavy atom. The highest BCUT2D eigenvalue weighted by molar-refractivity contribution is 7.89. The lowest BCUT2D eigenvalue weighted by Crippen LogP contribution is -2.33. The van der Waals surface area contributed by atoms with Gasteiger partial charge in [-0.2, -0.15) is 0 Å². The van der Waals surface area contributed by atoms with Crippen molar-refractivity contribution in [3.8, 4) is 0 Å². The van der Waals surface area contributed by atoms with Crippen LogP contribution in [0.2, 0.25) is 0 Å². The van der Waals surface area contributed by atoms with Crippen LogP contribution in [0.4, 0.5) is 5.82 Å². The monoisotopic (exact) mass is 313 g/mol. The molecule has 0 bridgehead atoms. The highest BCUT2D eigenvalue weighted by atomic mass is 32.2. The van der Waals surface area contributed by atoms with Crippen LogP contribution >= 0.6 is 0 Å². The molecule has 0 aliphatic carbocycles. The fourth-order valence-electron chi connectivity index (χ4n) is 1.96. The maximum atomic E-state index is 12.5. The topological polar surface area (TPSA) is 111 Å². The van der Waals surface area contributed by atoms with Crippen molar-refractivity contribution in [3.05, 3.63) is 24.4 Å². The normalized spacial score (nSPS) is 13.5. The van der Waals surface area contributed by atoms with E-state index in [1.54, 1.807) is 31.3 Å². The molecule has 0 amide bonds. The van der Waals surface area contributed by atoms with Crippen LogP contribution in [0.1, 0.15) is 13.8 Å². The van der Waals surface area contributed by atoms with Gasteiger partial charge in [-0.3, -0.25) is 4.40 Å². The number of hydrogen-bond donors (Lipinski definition) is 3. The first-order valence-corrected chi connectivity index (χ1v) is 8.03. The summed E-state index contributed by atoms with van der Waals surface area (Å²) in [7, 11) is -3.77. The van der Waals surface area contributed by atoms with Crippen molar-refractivity contribution < 1.29 is 13.2 Å². The van der Waals surface area contributed by atoms with E-state index in [9.17, 15) is 8.42 Å². The molecule has 0 fully saturated rings. The molecule has 0 aliphatic rings. The van der Waals surface area contributed by atoms with E-state index in [1.807, 2.05) is 6.92 Å². The Labute approximate surface area is 123 Å². The van der Waals surface area contributed by atoms with E-state index in [1.165, 1.54) is 4.40 Å². The number of imidazole rings is 1. The summed E-state index contributed by atoms with van der Waals surface area (Å²) in [4.78, 5) is 4.14. The minimum Gasteiger partial charge on any atom is -0.377 e. The van der Waals surface area contributed by atoms with Gasteiger partial charge in [-0.1, -0.05) is 6.07 Å². The third-order valence-electron chi connectivity index (χ3n) is 2.89. The summed E-state index contributed by atoms with van der Waals surface area (Å²) in [6.07, 6.45) is 1.39. The minimum absolute atomic E-state index is 0.0238. The molecule has 21 heavy (non-hydrogen) atoms. The lowest BCUT2D eigenvalue weighted by molar-refractivity contribution is 0.0799. The van der Waals surface area contributed by atoms with Gasteiger partial charge in [-0.15, -0.1) is 0 Å². The molecule has 0 spiro atoms. The third kappa shape index (κ3) is 3.32. The average Bonchev–Trinajstić information content (AvgIpc) is 2.85. The lowest BCUT2D eigenvalue weighted by Gasteiger charge is -2.13. The largest absolute Gasteiger partial charge is 0.377 e. The highest BCUT2D eigenvalue weighted by Gasteiger charge is 2.25. The molecule has 8 nitrogen and oxygen atoms in total. The van der Waals surface area contributed by atoms with Gasteiger partial charge >= 0.3 is 0 Å². The van der Waals surface area contributed by atoms with Gasteiger partial charge in [0.15, 0.2) is 10.8 Å². The maximum Gasteiger partial charge on any atom is 0.260 e. The molecule has 116 valence electrons. The molecule has 0 aromatic carbocycles. The quantitative estimate of drug-likeness (QED) is 0.501. The molecule has 0 saturated heterocycles. The predicted molar refractivity (Wildman–Crippen MR) is 79.3 cm³/mol. The van der Waals surface area contributed by atoms with Gasteiger partial charge in [0, 0.05) is 19.3 Å². The Morgan fingerprint density at radius 1 is 1.48 bits per heavy atom. The van der Waals surface area contributed by atoms with Crippen LogP contribution in [-0.2, 0) is 14.8 Å². The van der Waals surface area contributed by atoms with E-state index in [4.69, 9.17) is 10.6 Å². The molecule has 2 aromatic heterocycles.